The zero-order valence-corrected chi connectivity index (χ0v) is 14.1. The number of carbonyl (C=O) groups is 1. The summed E-state index contributed by atoms with van der Waals surface area (Å²) in [6.07, 6.45) is -4.96. The zero-order chi connectivity index (χ0) is 19.8. The quantitative estimate of drug-likeness (QED) is 0.786. The number of amides is 1. The molecule has 0 aliphatic carbocycles. The van der Waals surface area contributed by atoms with Gasteiger partial charge in [-0.3, -0.25) is 9.59 Å². The van der Waals surface area contributed by atoms with Crippen molar-refractivity contribution in [3.05, 3.63) is 61.1 Å². The molecule has 0 unspecified atom stereocenters. The Morgan fingerprint density at radius 3 is 2.35 bits per heavy atom. The molecule has 11 heteroatoms. The minimum absolute atomic E-state index is 0.114. The molecule has 1 aromatic carbocycles. The van der Waals surface area contributed by atoms with E-state index in [9.17, 15) is 31.9 Å². The van der Waals surface area contributed by atoms with Crippen molar-refractivity contribution in [2.75, 3.05) is 0 Å². The summed E-state index contributed by atoms with van der Waals surface area (Å²) in [6, 6.07) is 1.34. The summed E-state index contributed by atoms with van der Waals surface area (Å²) in [5.41, 5.74) is -5.46. The van der Waals surface area contributed by atoms with E-state index in [4.69, 9.17) is 11.6 Å². The molecular formula is C15H12ClF4N3O3. The van der Waals surface area contributed by atoms with Crippen molar-refractivity contribution < 1.29 is 22.4 Å². The second-order valence-corrected chi connectivity index (χ2v) is 5.98. The SMILES string of the molecule is CC(C)NC(=O)c1cc(-n2c(=O)cc(C(F)(F)F)[nH]c2=O)c(F)cc1Cl. The van der Waals surface area contributed by atoms with Gasteiger partial charge in [-0.2, -0.15) is 13.2 Å². The van der Waals surface area contributed by atoms with E-state index in [-0.39, 0.29) is 27.3 Å². The van der Waals surface area contributed by atoms with Crippen molar-refractivity contribution in [1.82, 2.24) is 14.9 Å². The van der Waals surface area contributed by atoms with Crippen LogP contribution in [0.1, 0.15) is 29.9 Å². The number of alkyl halides is 3. The van der Waals surface area contributed by atoms with Crippen LogP contribution < -0.4 is 16.6 Å². The number of nitrogens with zero attached hydrogens (tertiary/aromatic N) is 1. The number of benzene rings is 1. The first-order valence-electron chi connectivity index (χ1n) is 7.15. The number of aromatic amines is 1. The van der Waals surface area contributed by atoms with Crippen LogP contribution in [0.4, 0.5) is 17.6 Å². The third-order valence-corrected chi connectivity index (χ3v) is 3.49. The molecule has 2 rings (SSSR count). The molecule has 26 heavy (non-hydrogen) atoms. The van der Waals surface area contributed by atoms with Crippen LogP contribution in [0.25, 0.3) is 5.69 Å². The summed E-state index contributed by atoms with van der Waals surface area (Å²) in [4.78, 5) is 37.4. The van der Waals surface area contributed by atoms with Crippen LogP contribution in [0.2, 0.25) is 5.02 Å². The Morgan fingerprint density at radius 2 is 1.85 bits per heavy atom. The molecule has 1 heterocycles. The molecule has 0 saturated carbocycles. The molecule has 0 fully saturated rings. The van der Waals surface area contributed by atoms with Gasteiger partial charge in [0.15, 0.2) is 0 Å². The Hall–Kier alpha value is -2.62. The van der Waals surface area contributed by atoms with Crippen LogP contribution >= 0.6 is 11.6 Å². The molecule has 0 atom stereocenters. The highest BCUT2D eigenvalue weighted by molar-refractivity contribution is 6.34. The molecule has 1 amide bonds. The maximum Gasteiger partial charge on any atom is 0.431 e. The summed E-state index contributed by atoms with van der Waals surface area (Å²) in [5, 5.41) is 2.20. The Kier molecular flexibility index (Phi) is 5.26. The van der Waals surface area contributed by atoms with Gasteiger partial charge in [0.1, 0.15) is 11.5 Å². The van der Waals surface area contributed by atoms with Crippen molar-refractivity contribution >= 4 is 17.5 Å². The Labute approximate surface area is 148 Å². The number of halogens is 5. The van der Waals surface area contributed by atoms with Gasteiger partial charge in [0.2, 0.25) is 0 Å². The molecular weight excluding hydrogens is 382 g/mol. The lowest BCUT2D eigenvalue weighted by molar-refractivity contribution is -0.141. The van der Waals surface area contributed by atoms with Gasteiger partial charge in [-0.1, -0.05) is 11.6 Å². The summed E-state index contributed by atoms with van der Waals surface area (Å²) >= 11 is 5.81. The molecule has 0 saturated heterocycles. The van der Waals surface area contributed by atoms with Crippen LogP contribution in [0.5, 0.6) is 0 Å². The maximum atomic E-state index is 14.2. The lowest BCUT2D eigenvalue weighted by atomic mass is 10.1. The minimum atomic E-state index is -4.96. The highest BCUT2D eigenvalue weighted by atomic mass is 35.5. The normalized spacial score (nSPS) is 11.7. The maximum absolute atomic E-state index is 14.2. The number of hydrogen-bond acceptors (Lipinski definition) is 3. The molecule has 2 aromatic rings. The molecule has 0 aliphatic heterocycles. The number of nitrogens with one attached hydrogen (secondary N) is 2. The van der Waals surface area contributed by atoms with Crippen LogP contribution in [0.3, 0.4) is 0 Å². The average Bonchev–Trinajstić information content (AvgIpc) is 2.46. The van der Waals surface area contributed by atoms with Gasteiger partial charge in [0.25, 0.3) is 11.5 Å². The van der Waals surface area contributed by atoms with Crippen molar-refractivity contribution in [1.29, 1.82) is 0 Å². The van der Waals surface area contributed by atoms with E-state index in [0.717, 1.165) is 6.07 Å². The number of hydrogen-bond donors (Lipinski definition) is 2. The number of rotatable bonds is 3. The predicted molar refractivity (Wildman–Crippen MR) is 85.2 cm³/mol. The van der Waals surface area contributed by atoms with Crippen LogP contribution in [-0.4, -0.2) is 21.5 Å². The van der Waals surface area contributed by atoms with E-state index < -0.39 is 40.5 Å². The first-order chi connectivity index (χ1) is 11.9. The van der Waals surface area contributed by atoms with Crippen molar-refractivity contribution in [3.63, 3.8) is 0 Å². The molecule has 0 spiro atoms. The number of aromatic nitrogens is 2. The topological polar surface area (TPSA) is 84.0 Å². The molecule has 140 valence electrons. The zero-order valence-electron chi connectivity index (χ0n) is 13.4. The number of H-pyrrole nitrogens is 1. The number of carbonyl (C=O) groups excluding carboxylic acids is 1. The highest BCUT2D eigenvalue weighted by Crippen LogP contribution is 2.26. The minimum Gasteiger partial charge on any atom is -0.350 e. The summed E-state index contributed by atoms with van der Waals surface area (Å²) in [6.45, 7) is 3.31. The largest absolute Gasteiger partial charge is 0.431 e. The molecule has 1 aromatic heterocycles. The third kappa shape index (κ3) is 3.96. The van der Waals surface area contributed by atoms with Gasteiger partial charge >= 0.3 is 11.9 Å². The first-order valence-corrected chi connectivity index (χ1v) is 7.53. The Morgan fingerprint density at radius 1 is 1.23 bits per heavy atom. The van der Waals surface area contributed by atoms with Gasteiger partial charge < -0.3 is 10.3 Å². The van der Waals surface area contributed by atoms with Crippen molar-refractivity contribution in [2.24, 2.45) is 0 Å². The average molecular weight is 394 g/mol. The van der Waals surface area contributed by atoms with Gasteiger partial charge in [-0.15, -0.1) is 0 Å². The molecule has 0 radical (unpaired) electrons. The fourth-order valence-corrected chi connectivity index (χ4v) is 2.34. The lowest BCUT2D eigenvalue weighted by Gasteiger charge is -2.13. The van der Waals surface area contributed by atoms with Crippen LogP contribution in [0.15, 0.2) is 27.8 Å². The van der Waals surface area contributed by atoms with Gasteiger partial charge in [-0.25, -0.2) is 13.8 Å². The Bertz CT molecular complexity index is 948. The molecule has 0 bridgehead atoms. The fourth-order valence-electron chi connectivity index (χ4n) is 2.10. The smallest absolute Gasteiger partial charge is 0.350 e. The van der Waals surface area contributed by atoms with E-state index in [1.165, 1.54) is 4.98 Å². The second-order valence-electron chi connectivity index (χ2n) is 5.57. The molecule has 2 N–H and O–H groups in total. The third-order valence-electron chi connectivity index (χ3n) is 3.18. The van der Waals surface area contributed by atoms with E-state index in [2.05, 4.69) is 5.32 Å². The summed E-state index contributed by atoms with van der Waals surface area (Å²) in [5.74, 6) is -1.87. The fraction of sp³-hybridized carbons (Fsp3) is 0.267. The molecule has 6 nitrogen and oxygen atoms in total. The molecule has 0 aliphatic rings. The second kappa shape index (κ2) is 6.94. The standard InChI is InChI=1S/C15H12ClF4N3O3/c1-6(2)21-13(25)7-3-10(9(17)4-8(7)16)23-12(24)5-11(15(18,19)20)22-14(23)26/h3-6H,1-2H3,(H,21,25)(H,22,26). The lowest BCUT2D eigenvalue weighted by Crippen LogP contribution is -2.36. The highest BCUT2D eigenvalue weighted by Gasteiger charge is 2.33. The predicted octanol–water partition coefficient (Wildman–Crippen LogP) is 2.48. The van der Waals surface area contributed by atoms with Gasteiger partial charge in [0.05, 0.1) is 16.3 Å². The van der Waals surface area contributed by atoms with E-state index in [0.29, 0.717) is 6.07 Å². The van der Waals surface area contributed by atoms with E-state index >= 15 is 0 Å². The monoisotopic (exact) mass is 393 g/mol. The first kappa shape index (κ1) is 19.7. The summed E-state index contributed by atoms with van der Waals surface area (Å²) in [7, 11) is 0. The van der Waals surface area contributed by atoms with Crippen LogP contribution in [-0.2, 0) is 6.18 Å². The van der Waals surface area contributed by atoms with Crippen molar-refractivity contribution in [2.45, 2.75) is 26.1 Å². The Balaban J connectivity index is 2.68. The van der Waals surface area contributed by atoms with E-state index in [1.807, 2.05) is 0 Å². The van der Waals surface area contributed by atoms with Crippen LogP contribution in [0, 0.1) is 5.82 Å². The van der Waals surface area contributed by atoms with Gasteiger partial charge in [-0.05, 0) is 26.0 Å². The summed E-state index contributed by atoms with van der Waals surface area (Å²) < 4.78 is 52.3. The van der Waals surface area contributed by atoms with Crippen molar-refractivity contribution in [3.8, 4) is 5.69 Å². The van der Waals surface area contributed by atoms with Gasteiger partial charge in [0, 0.05) is 12.1 Å². The van der Waals surface area contributed by atoms with E-state index in [1.54, 1.807) is 13.8 Å².